The third-order valence-electron chi connectivity index (χ3n) is 14.5. The molecule has 0 N–H and O–H groups in total. The Morgan fingerprint density at radius 2 is 1.07 bits per heavy atom. The second-order valence-corrected chi connectivity index (χ2v) is 30.5. The van der Waals surface area contributed by atoms with Gasteiger partial charge in [-0.2, -0.15) is 0 Å². The third-order valence-corrected chi connectivity index (χ3v) is 24.6. The van der Waals surface area contributed by atoms with E-state index in [1.807, 2.05) is 19.9 Å². The van der Waals surface area contributed by atoms with Gasteiger partial charge in [0.2, 0.25) is 6.41 Å². The van der Waals surface area contributed by atoms with Crippen LogP contribution < -0.4 is 20.7 Å². The Hall–Kier alpha value is -4.74. The molecule has 0 aromatic heterocycles. The molecule has 0 fully saturated rings. The number of hydrogen-bond acceptors (Lipinski definition) is 10. The molecule has 0 saturated carbocycles. The first-order chi connectivity index (χ1) is 34.6. The lowest BCUT2D eigenvalue weighted by molar-refractivity contribution is -0.173. The molecule has 9 atom stereocenters. The maximum absolute atomic E-state index is 13.8. The van der Waals surface area contributed by atoms with Crippen molar-refractivity contribution in [3.8, 4) is 0 Å². The highest BCUT2D eigenvalue weighted by Gasteiger charge is 2.54. The SMILES string of the molecule is COCC(OC)C(=O)O[C@H](CC[C@H](C)[C@H](C[C@H](O[Si](c1ccccc1)(c1ccccc1)C(C)(C)C)[C@H](C)CO[Si](c1ccccc1)(c1ccccc1)C(C)(C)C)OC)[C@H](C)[C@H](OC(C)=O)[C@H](C)/C=C/N(C)C=O. The van der Waals surface area contributed by atoms with E-state index in [9.17, 15) is 14.4 Å². The highest BCUT2D eigenvalue weighted by atomic mass is 28.4. The summed E-state index contributed by atoms with van der Waals surface area (Å²) < 4.78 is 45.5. The lowest BCUT2D eigenvalue weighted by atomic mass is 9.84. The molecular weight excluding hydrogens is 951 g/mol. The van der Waals surface area contributed by atoms with Gasteiger partial charge in [-0.3, -0.25) is 9.59 Å². The van der Waals surface area contributed by atoms with Crippen LogP contribution in [0.15, 0.2) is 134 Å². The summed E-state index contributed by atoms with van der Waals surface area (Å²) in [5.41, 5.74) is 0. The van der Waals surface area contributed by atoms with Crippen molar-refractivity contribution < 1.29 is 46.9 Å². The van der Waals surface area contributed by atoms with E-state index in [1.165, 1.54) is 46.8 Å². The van der Waals surface area contributed by atoms with E-state index in [0.717, 1.165) is 0 Å². The van der Waals surface area contributed by atoms with Crippen molar-refractivity contribution in [2.24, 2.45) is 23.7 Å². The molecule has 1 unspecified atom stereocenters. The van der Waals surface area contributed by atoms with E-state index in [4.69, 9.17) is 32.5 Å². The zero-order valence-electron chi connectivity index (χ0n) is 46.5. The normalized spacial score (nSPS) is 16.3. The summed E-state index contributed by atoms with van der Waals surface area (Å²) in [6.07, 6.45) is 2.73. The predicted octanol–water partition coefficient (Wildman–Crippen LogP) is 9.34. The standard InChI is InChI=1S/C60H87NO10Si2/c1-44(36-37-53(70-58(64)56(67-15)42-65-13)47(4)57(69-48(5)63)45(2)38-39-61(12)43-62)54(66-14)40-55(71-73(60(9,10)11,51-32-24-18-25-33-51)52-34-26-19-27-35-52)46(3)41-68-72(59(6,7)8,49-28-20-16-21-29-49)50-30-22-17-23-31-50/h16-35,38-39,43-47,53-57H,36-37,40-42H2,1-15H3/b39-38+/t44-,45+,46+,47-,53+,54-,55-,56?,57+/m0/s1. The van der Waals surface area contributed by atoms with Crippen LogP contribution >= 0.6 is 0 Å². The quantitative estimate of drug-likeness (QED) is 0.0296. The van der Waals surface area contributed by atoms with E-state index in [1.54, 1.807) is 20.4 Å². The molecule has 0 spiro atoms. The summed E-state index contributed by atoms with van der Waals surface area (Å²) in [4.78, 5) is 39.3. The van der Waals surface area contributed by atoms with Gasteiger partial charge in [-0.1, -0.05) is 197 Å². The number of benzene rings is 4. The fourth-order valence-electron chi connectivity index (χ4n) is 10.4. The Bertz CT molecular complexity index is 2190. The van der Waals surface area contributed by atoms with Crippen LogP contribution in [0.4, 0.5) is 0 Å². The van der Waals surface area contributed by atoms with Crippen LogP contribution in [0.3, 0.4) is 0 Å². The van der Waals surface area contributed by atoms with E-state index in [0.29, 0.717) is 32.3 Å². The summed E-state index contributed by atoms with van der Waals surface area (Å²) in [6, 6.07) is 43.0. The smallest absolute Gasteiger partial charge is 0.337 e. The Balaban J connectivity index is 1.83. The fourth-order valence-corrected chi connectivity index (χ4v) is 19.9. The van der Waals surface area contributed by atoms with Gasteiger partial charge in [0.15, 0.2) is 6.10 Å². The van der Waals surface area contributed by atoms with Crippen molar-refractivity contribution in [2.45, 2.75) is 136 Å². The number of esters is 2. The molecule has 0 aliphatic carbocycles. The van der Waals surface area contributed by atoms with Gasteiger partial charge in [0.05, 0.1) is 18.8 Å². The van der Waals surface area contributed by atoms with Crippen LogP contribution in [-0.2, 0) is 46.9 Å². The number of nitrogens with zero attached hydrogens (tertiary/aromatic N) is 1. The molecule has 13 heteroatoms. The van der Waals surface area contributed by atoms with E-state index < -0.39 is 52.8 Å². The Kier molecular flexibility index (Phi) is 23.5. The molecule has 400 valence electrons. The summed E-state index contributed by atoms with van der Waals surface area (Å²) in [6.45, 7) is 23.9. The molecule has 0 radical (unpaired) electrons. The van der Waals surface area contributed by atoms with Gasteiger partial charge in [0.1, 0.15) is 12.2 Å². The summed E-state index contributed by atoms with van der Waals surface area (Å²) in [7, 11) is 0.272. The zero-order chi connectivity index (χ0) is 54.0. The van der Waals surface area contributed by atoms with Gasteiger partial charge in [-0.05, 0) is 56.0 Å². The molecule has 11 nitrogen and oxygen atoms in total. The number of rotatable bonds is 29. The van der Waals surface area contributed by atoms with Gasteiger partial charge in [-0.25, -0.2) is 4.79 Å². The maximum atomic E-state index is 13.8. The molecule has 73 heavy (non-hydrogen) atoms. The number of ether oxygens (including phenoxy) is 5. The average molecular weight is 1040 g/mol. The summed E-state index contributed by atoms with van der Waals surface area (Å²) >= 11 is 0. The van der Waals surface area contributed by atoms with Crippen molar-refractivity contribution >= 4 is 55.7 Å². The van der Waals surface area contributed by atoms with Gasteiger partial charge >= 0.3 is 11.9 Å². The molecule has 4 aromatic rings. The van der Waals surface area contributed by atoms with Crippen molar-refractivity contribution in [3.05, 3.63) is 134 Å². The molecule has 4 rings (SSSR count). The summed E-state index contributed by atoms with van der Waals surface area (Å²) in [5, 5.41) is 4.27. The largest absolute Gasteiger partial charge is 0.462 e. The van der Waals surface area contributed by atoms with Crippen LogP contribution in [0.2, 0.25) is 10.1 Å². The Labute approximate surface area is 440 Å². The third kappa shape index (κ3) is 15.7. The maximum Gasteiger partial charge on any atom is 0.337 e. The van der Waals surface area contributed by atoms with Crippen LogP contribution in [-0.4, -0.2) is 112 Å². The molecule has 4 aromatic carbocycles. The second kappa shape index (κ2) is 28.2. The zero-order valence-corrected chi connectivity index (χ0v) is 48.5. The first-order valence-electron chi connectivity index (χ1n) is 25.9. The molecule has 0 aliphatic rings. The highest BCUT2D eigenvalue weighted by molar-refractivity contribution is 7.00. The lowest BCUT2D eigenvalue weighted by Gasteiger charge is -2.48. The molecular formula is C60H87NO10Si2. The summed E-state index contributed by atoms with van der Waals surface area (Å²) in [5.74, 6) is -2.01. The van der Waals surface area contributed by atoms with Crippen LogP contribution in [0.25, 0.3) is 0 Å². The van der Waals surface area contributed by atoms with Gasteiger partial charge < -0.3 is 37.4 Å². The van der Waals surface area contributed by atoms with Crippen molar-refractivity contribution in [3.63, 3.8) is 0 Å². The van der Waals surface area contributed by atoms with Crippen molar-refractivity contribution in [1.29, 1.82) is 0 Å². The minimum atomic E-state index is -3.12. The molecule has 0 aliphatic heterocycles. The van der Waals surface area contributed by atoms with E-state index in [-0.39, 0.29) is 46.6 Å². The van der Waals surface area contributed by atoms with Crippen molar-refractivity contribution in [1.82, 2.24) is 4.90 Å². The molecule has 0 heterocycles. The number of carbonyl (C=O) groups excluding carboxylic acids is 3. The number of carbonyl (C=O) groups is 3. The topological polar surface area (TPSA) is 119 Å². The van der Waals surface area contributed by atoms with Crippen molar-refractivity contribution in [2.75, 3.05) is 41.6 Å². The molecule has 0 saturated heterocycles. The van der Waals surface area contributed by atoms with Crippen LogP contribution in [0, 0.1) is 23.7 Å². The number of amides is 1. The minimum Gasteiger partial charge on any atom is -0.462 e. The van der Waals surface area contributed by atoms with Gasteiger partial charge in [-0.15, -0.1) is 0 Å². The van der Waals surface area contributed by atoms with Crippen LogP contribution in [0.1, 0.15) is 95.4 Å². The molecule has 1 amide bonds. The fraction of sp³-hybridized carbons (Fsp3) is 0.517. The Morgan fingerprint density at radius 1 is 0.603 bits per heavy atom. The van der Waals surface area contributed by atoms with Crippen LogP contribution in [0.5, 0.6) is 0 Å². The highest BCUT2D eigenvalue weighted by Crippen LogP contribution is 2.41. The van der Waals surface area contributed by atoms with Gasteiger partial charge in [0, 0.05) is 65.9 Å². The number of methoxy groups -OCH3 is 3. The van der Waals surface area contributed by atoms with E-state index in [2.05, 4.69) is 177 Å². The first-order valence-corrected chi connectivity index (χ1v) is 29.7. The Morgan fingerprint density at radius 3 is 1.47 bits per heavy atom. The van der Waals surface area contributed by atoms with E-state index >= 15 is 0 Å². The monoisotopic (exact) mass is 1040 g/mol. The number of hydrogen-bond donors (Lipinski definition) is 0. The molecule has 0 bridgehead atoms. The lowest BCUT2D eigenvalue weighted by Crippen LogP contribution is -2.69. The second-order valence-electron chi connectivity index (χ2n) is 21.9. The predicted molar refractivity (Wildman–Crippen MR) is 298 cm³/mol. The average Bonchev–Trinajstić information content (AvgIpc) is 3.37. The first kappa shape index (κ1) is 60.8. The van der Waals surface area contributed by atoms with Gasteiger partial charge in [0.25, 0.3) is 16.6 Å². The minimum absolute atomic E-state index is 0.00775.